The quantitative estimate of drug-likeness (QED) is 0.541. The first-order valence-electron chi connectivity index (χ1n) is 15.4. The van der Waals surface area contributed by atoms with Crippen molar-refractivity contribution in [2.45, 2.75) is 95.9 Å². The molecule has 39 heavy (non-hydrogen) atoms. The average Bonchev–Trinajstić information content (AvgIpc) is 3.60. The van der Waals surface area contributed by atoms with Crippen molar-refractivity contribution < 1.29 is 28.9 Å². The minimum atomic E-state index is -0.355. The Morgan fingerprint density at radius 3 is 2.74 bits per heavy atom. The van der Waals surface area contributed by atoms with Gasteiger partial charge < -0.3 is 19.7 Å². The fraction of sp³-hybridized carbons (Fsp3) is 0.781. The van der Waals surface area contributed by atoms with Gasteiger partial charge in [-0.05, 0) is 117 Å². The highest BCUT2D eigenvalue weighted by atomic mass is 19.1. The summed E-state index contributed by atoms with van der Waals surface area (Å²) >= 11 is 0. The molecule has 0 aromatic heterocycles. The van der Waals surface area contributed by atoms with Crippen molar-refractivity contribution in [3.63, 3.8) is 0 Å². The Balaban J connectivity index is 1.09. The first-order valence-corrected chi connectivity index (χ1v) is 15.4. The van der Waals surface area contributed by atoms with Gasteiger partial charge in [-0.15, -0.1) is 0 Å². The third kappa shape index (κ3) is 3.78. The standard InChI is InChI=1S/C32H44FNO5/c1-31-11-10-21(35)13-19(31)14-26(36)30-23-6-5-22-18(9-12-32(22,23)28(38-2)16-24(30)31)3-8-29(37)34-17-39-27-15-20(33)4-7-25(27)34/h4,7,15,18-19,21-24,26,28,30,35-36H,3,5-6,8-14,16-17H2,1-2H3/t18-,19-,21+,22+,23-,24-,26+,28-,30-,31-,32+/m0/s1. The maximum absolute atomic E-state index is 13.6. The number of aliphatic hydroxyl groups is 2. The largest absolute Gasteiger partial charge is 0.470 e. The number of amides is 1. The van der Waals surface area contributed by atoms with Gasteiger partial charge in [0.2, 0.25) is 5.91 Å². The van der Waals surface area contributed by atoms with E-state index in [1.165, 1.54) is 12.1 Å². The molecule has 0 bridgehead atoms. The van der Waals surface area contributed by atoms with Gasteiger partial charge in [0.05, 0.1) is 24.0 Å². The highest BCUT2D eigenvalue weighted by molar-refractivity contribution is 5.95. The number of fused-ring (bicyclic) bond motifs is 5. The number of carbonyl (C=O) groups is 1. The van der Waals surface area contributed by atoms with E-state index in [9.17, 15) is 19.4 Å². The average molecular weight is 542 g/mol. The molecule has 7 heteroatoms. The number of hydrogen-bond acceptors (Lipinski definition) is 5. The molecule has 1 amide bonds. The van der Waals surface area contributed by atoms with Crippen molar-refractivity contribution in [3.8, 4) is 5.75 Å². The van der Waals surface area contributed by atoms with Gasteiger partial charge in [-0.3, -0.25) is 9.69 Å². The van der Waals surface area contributed by atoms with Crippen molar-refractivity contribution in [3.05, 3.63) is 24.0 Å². The molecule has 1 heterocycles. The number of nitrogens with zero attached hydrogens (tertiary/aromatic N) is 1. The van der Waals surface area contributed by atoms with E-state index < -0.39 is 0 Å². The van der Waals surface area contributed by atoms with Crippen molar-refractivity contribution in [1.29, 1.82) is 0 Å². The van der Waals surface area contributed by atoms with Gasteiger partial charge in [-0.2, -0.15) is 0 Å². The van der Waals surface area contributed by atoms with Gasteiger partial charge >= 0.3 is 0 Å². The Morgan fingerprint density at radius 2 is 1.92 bits per heavy atom. The van der Waals surface area contributed by atoms with Crippen LogP contribution in [0.2, 0.25) is 0 Å². The molecule has 1 aromatic carbocycles. The van der Waals surface area contributed by atoms with Crippen LogP contribution in [-0.2, 0) is 9.53 Å². The summed E-state index contributed by atoms with van der Waals surface area (Å²) in [6, 6.07) is 4.37. The van der Waals surface area contributed by atoms with Crippen LogP contribution in [0.25, 0.3) is 0 Å². The van der Waals surface area contributed by atoms with E-state index >= 15 is 0 Å². The monoisotopic (exact) mass is 541 g/mol. The van der Waals surface area contributed by atoms with E-state index in [4.69, 9.17) is 9.47 Å². The molecular formula is C32H44FNO5. The van der Waals surface area contributed by atoms with Crippen molar-refractivity contribution in [2.24, 2.45) is 46.3 Å². The molecule has 0 radical (unpaired) electrons. The molecule has 7 rings (SSSR count). The lowest BCUT2D eigenvalue weighted by atomic mass is 9.43. The minimum absolute atomic E-state index is 0.0454. The first-order chi connectivity index (χ1) is 18.8. The van der Waals surface area contributed by atoms with E-state index in [0.29, 0.717) is 53.4 Å². The van der Waals surface area contributed by atoms with Gasteiger partial charge in [0, 0.05) is 25.0 Å². The molecule has 5 aliphatic carbocycles. The number of ether oxygens (including phenoxy) is 2. The number of hydrogen-bond donors (Lipinski definition) is 2. The van der Waals surface area contributed by atoms with Gasteiger partial charge in [-0.1, -0.05) is 6.92 Å². The predicted octanol–water partition coefficient (Wildman–Crippen LogP) is 5.29. The molecule has 5 fully saturated rings. The second-order valence-electron chi connectivity index (χ2n) is 14.0. The Hall–Kier alpha value is -1.70. The van der Waals surface area contributed by atoms with Crippen LogP contribution in [0.4, 0.5) is 10.1 Å². The summed E-state index contributed by atoms with van der Waals surface area (Å²) in [5.74, 6) is 2.77. The fourth-order valence-electron chi connectivity index (χ4n) is 11.2. The molecule has 6 nitrogen and oxygen atoms in total. The summed E-state index contributed by atoms with van der Waals surface area (Å²) in [7, 11) is 1.89. The molecule has 0 unspecified atom stereocenters. The van der Waals surface area contributed by atoms with E-state index in [1.807, 2.05) is 7.11 Å². The molecule has 1 aliphatic heterocycles. The molecule has 5 saturated carbocycles. The summed E-state index contributed by atoms with van der Waals surface area (Å²) in [5, 5.41) is 22.0. The smallest absolute Gasteiger partial charge is 0.229 e. The molecule has 0 saturated heterocycles. The predicted molar refractivity (Wildman–Crippen MR) is 144 cm³/mol. The number of benzene rings is 1. The molecule has 1 aromatic rings. The van der Waals surface area contributed by atoms with E-state index in [2.05, 4.69) is 6.92 Å². The van der Waals surface area contributed by atoms with Gasteiger partial charge in [-0.25, -0.2) is 4.39 Å². The number of carbonyl (C=O) groups excluding carboxylic acids is 1. The van der Waals surface area contributed by atoms with Crippen LogP contribution in [-0.4, -0.2) is 48.3 Å². The van der Waals surface area contributed by atoms with Crippen LogP contribution >= 0.6 is 0 Å². The van der Waals surface area contributed by atoms with E-state index in [1.54, 1.807) is 11.0 Å². The minimum Gasteiger partial charge on any atom is -0.470 e. The third-order valence-electron chi connectivity index (χ3n) is 12.9. The highest BCUT2D eigenvalue weighted by Gasteiger charge is 2.69. The number of methoxy groups -OCH3 is 1. The normalized spacial score (nSPS) is 46.1. The molecule has 2 N–H and O–H groups in total. The van der Waals surface area contributed by atoms with Gasteiger partial charge in [0.25, 0.3) is 0 Å². The molecule has 214 valence electrons. The second kappa shape index (κ2) is 9.42. The van der Waals surface area contributed by atoms with Crippen LogP contribution in [0.3, 0.4) is 0 Å². The van der Waals surface area contributed by atoms with E-state index in [0.717, 1.165) is 64.2 Å². The zero-order chi connectivity index (χ0) is 27.1. The summed E-state index contributed by atoms with van der Waals surface area (Å²) in [4.78, 5) is 14.9. The molecule has 1 spiro atoms. The Bertz CT molecular complexity index is 1130. The number of rotatable bonds is 4. The van der Waals surface area contributed by atoms with Crippen LogP contribution in [0, 0.1) is 52.2 Å². The summed E-state index contributed by atoms with van der Waals surface area (Å²) in [6.45, 7) is 2.60. The summed E-state index contributed by atoms with van der Waals surface area (Å²) in [5.41, 5.74) is 0.931. The lowest BCUT2D eigenvalue weighted by Gasteiger charge is -2.64. The summed E-state index contributed by atoms with van der Waals surface area (Å²) in [6.07, 6.45) is 10.1. The third-order valence-corrected chi connectivity index (χ3v) is 12.9. The zero-order valence-electron chi connectivity index (χ0n) is 23.4. The van der Waals surface area contributed by atoms with Crippen molar-refractivity contribution in [1.82, 2.24) is 0 Å². The SMILES string of the molecule is CO[C@H]1C[C@H]2[C@@H]([C@H](O)C[C@@H]3C[C@H](O)CC[C@@]32C)[C@@H]2CC[C@@H]3[C@@H](CCC(=O)N4COc5cc(F)ccc54)CC[C@@]132. The maximum atomic E-state index is 13.6. The first kappa shape index (κ1) is 26.2. The van der Waals surface area contributed by atoms with Crippen LogP contribution in [0.5, 0.6) is 5.75 Å². The topological polar surface area (TPSA) is 79.2 Å². The lowest BCUT2D eigenvalue weighted by molar-refractivity contribution is -0.211. The Morgan fingerprint density at radius 1 is 1.10 bits per heavy atom. The highest BCUT2D eigenvalue weighted by Crippen LogP contribution is 2.72. The van der Waals surface area contributed by atoms with Gasteiger partial charge in [0.1, 0.15) is 11.6 Å². The zero-order valence-corrected chi connectivity index (χ0v) is 23.4. The number of anilines is 1. The lowest BCUT2D eigenvalue weighted by Crippen LogP contribution is -2.62. The molecule has 11 atom stereocenters. The van der Waals surface area contributed by atoms with Crippen molar-refractivity contribution in [2.75, 3.05) is 18.7 Å². The summed E-state index contributed by atoms with van der Waals surface area (Å²) < 4.78 is 25.6. The second-order valence-corrected chi connectivity index (χ2v) is 14.0. The Kier molecular flexibility index (Phi) is 6.33. The van der Waals surface area contributed by atoms with Crippen molar-refractivity contribution >= 4 is 11.6 Å². The van der Waals surface area contributed by atoms with Crippen LogP contribution in [0.1, 0.15) is 77.6 Å². The van der Waals surface area contributed by atoms with E-state index in [-0.39, 0.29) is 47.6 Å². The van der Waals surface area contributed by atoms with Crippen LogP contribution < -0.4 is 9.64 Å². The maximum Gasteiger partial charge on any atom is 0.229 e. The number of aliphatic hydroxyl groups excluding tert-OH is 2. The van der Waals surface area contributed by atoms with Crippen LogP contribution in [0.15, 0.2) is 18.2 Å². The molecule has 6 aliphatic rings. The number of halogens is 1. The Labute approximate surface area is 231 Å². The fourth-order valence-corrected chi connectivity index (χ4v) is 11.2. The van der Waals surface area contributed by atoms with Gasteiger partial charge in [0.15, 0.2) is 6.73 Å². The molecular weight excluding hydrogens is 497 g/mol.